The maximum absolute atomic E-state index is 11.7. The molecule has 1 aliphatic rings. The molecule has 6 heteroatoms. The number of carbonyl (C=O) groups is 1. The van der Waals surface area contributed by atoms with Gasteiger partial charge in [0.25, 0.3) is 0 Å². The Balaban J connectivity index is 1.61. The zero-order chi connectivity index (χ0) is 16.4. The van der Waals surface area contributed by atoms with Crippen molar-refractivity contribution in [2.75, 3.05) is 11.9 Å². The second-order valence-electron chi connectivity index (χ2n) is 5.94. The van der Waals surface area contributed by atoms with Crippen molar-refractivity contribution >= 4 is 22.9 Å². The fraction of sp³-hybridized carbons (Fsp3) is 0.412. The number of carbonyl (C=O) groups excluding carboxylic acids is 1. The van der Waals surface area contributed by atoms with Crippen LogP contribution in [0.1, 0.15) is 36.2 Å². The molecular weight excluding hydrogens is 310 g/mol. The van der Waals surface area contributed by atoms with Crippen molar-refractivity contribution in [1.29, 1.82) is 0 Å². The average molecular weight is 331 g/mol. The van der Waals surface area contributed by atoms with Gasteiger partial charge in [-0.15, -0.1) is 0 Å². The predicted molar refractivity (Wildman–Crippen MR) is 93.1 cm³/mol. The average Bonchev–Trinajstić information content (AvgIpc) is 2.86. The van der Waals surface area contributed by atoms with E-state index in [2.05, 4.69) is 23.6 Å². The van der Waals surface area contributed by atoms with E-state index in [1.165, 1.54) is 22.5 Å². The van der Waals surface area contributed by atoms with Gasteiger partial charge in [0.05, 0.1) is 0 Å². The summed E-state index contributed by atoms with van der Waals surface area (Å²) in [6.07, 6.45) is 1.35. The highest BCUT2D eigenvalue weighted by Crippen LogP contribution is 2.26. The van der Waals surface area contributed by atoms with Crippen molar-refractivity contribution in [3.05, 3.63) is 50.1 Å². The van der Waals surface area contributed by atoms with Crippen LogP contribution in [-0.2, 0) is 17.8 Å². The third-order valence-corrected chi connectivity index (χ3v) is 5.17. The Hall–Kier alpha value is -1.92. The number of anilines is 1. The highest BCUT2D eigenvalue weighted by atomic mass is 32.1. The van der Waals surface area contributed by atoms with Crippen molar-refractivity contribution in [3.63, 3.8) is 0 Å². The number of rotatable bonds is 5. The predicted octanol–water partition coefficient (Wildman–Crippen LogP) is 2.45. The molecule has 0 saturated carbocycles. The number of nitrogens with zero attached hydrogens (tertiary/aromatic N) is 1. The first-order chi connectivity index (χ1) is 11.0. The Morgan fingerprint density at radius 3 is 2.91 bits per heavy atom. The van der Waals surface area contributed by atoms with Crippen LogP contribution >= 0.6 is 11.3 Å². The second-order valence-corrected chi connectivity index (χ2v) is 6.76. The van der Waals surface area contributed by atoms with Crippen molar-refractivity contribution in [3.8, 4) is 0 Å². The molecule has 0 unspecified atom stereocenters. The smallest absolute Gasteiger partial charge is 0.307 e. The van der Waals surface area contributed by atoms with E-state index in [0.717, 1.165) is 24.3 Å². The van der Waals surface area contributed by atoms with Crippen LogP contribution in [0.3, 0.4) is 0 Å². The first-order valence-electron chi connectivity index (χ1n) is 7.85. The summed E-state index contributed by atoms with van der Waals surface area (Å²) >= 11 is 1.25. The van der Waals surface area contributed by atoms with Gasteiger partial charge in [-0.1, -0.05) is 23.5 Å². The zero-order valence-corrected chi connectivity index (χ0v) is 14.2. The maximum atomic E-state index is 11.7. The third kappa shape index (κ3) is 3.54. The van der Waals surface area contributed by atoms with E-state index in [9.17, 15) is 9.59 Å². The minimum atomic E-state index is 0.0907. The molecule has 1 amide bonds. The van der Waals surface area contributed by atoms with Crippen molar-refractivity contribution in [2.45, 2.75) is 39.3 Å². The van der Waals surface area contributed by atoms with Crippen LogP contribution in [0.15, 0.2) is 28.4 Å². The normalized spacial score (nSPS) is 15.1. The molecule has 1 aromatic carbocycles. The molecule has 2 N–H and O–H groups in total. The fourth-order valence-corrected chi connectivity index (χ4v) is 3.62. The lowest BCUT2D eigenvalue weighted by Crippen LogP contribution is -2.27. The standard InChI is InChI=1S/C17H21N3O2S/c1-11-10-23-17(22)20(11)8-7-18-12(2)13-3-5-15-14(9-13)4-6-16(21)19-15/h3,5,9-10,12,18H,4,6-8H2,1-2H3,(H,19,21)/t12-/m1/s1. The van der Waals surface area contributed by atoms with E-state index in [1.807, 2.05) is 24.4 Å². The lowest BCUT2D eigenvalue weighted by molar-refractivity contribution is -0.116. The summed E-state index contributed by atoms with van der Waals surface area (Å²) in [6.45, 7) is 5.50. The van der Waals surface area contributed by atoms with Gasteiger partial charge in [-0.25, -0.2) is 0 Å². The van der Waals surface area contributed by atoms with Crippen LogP contribution in [-0.4, -0.2) is 17.0 Å². The second kappa shape index (κ2) is 6.68. The molecule has 122 valence electrons. The molecule has 0 saturated heterocycles. The van der Waals surface area contributed by atoms with Gasteiger partial charge in [0.2, 0.25) is 5.91 Å². The Labute approximate surface area is 139 Å². The molecule has 0 bridgehead atoms. The Kier molecular flexibility index (Phi) is 4.63. The molecule has 0 aliphatic carbocycles. The van der Waals surface area contributed by atoms with E-state index >= 15 is 0 Å². The van der Waals surface area contributed by atoms with Crippen LogP contribution in [0.4, 0.5) is 5.69 Å². The number of nitrogens with one attached hydrogen (secondary N) is 2. The third-order valence-electron chi connectivity index (χ3n) is 4.29. The SMILES string of the molecule is Cc1csc(=O)n1CCN[C@H](C)c1ccc2c(c1)CCC(=O)N2. The van der Waals surface area contributed by atoms with Gasteiger partial charge in [-0.3, -0.25) is 9.59 Å². The summed E-state index contributed by atoms with van der Waals surface area (Å²) in [5, 5.41) is 8.26. The molecule has 1 atom stereocenters. The topological polar surface area (TPSA) is 63.1 Å². The molecule has 1 aromatic heterocycles. The quantitative estimate of drug-likeness (QED) is 0.884. The molecule has 2 heterocycles. The van der Waals surface area contributed by atoms with Gasteiger partial charge in [0, 0.05) is 42.3 Å². The number of benzene rings is 1. The van der Waals surface area contributed by atoms with E-state index < -0.39 is 0 Å². The van der Waals surface area contributed by atoms with E-state index in [0.29, 0.717) is 13.0 Å². The number of fused-ring (bicyclic) bond motifs is 1. The minimum absolute atomic E-state index is 0.0907. The number of thiazole rings is 1. The molecule has 1 aliphatic heterocycles. The molecule has 0 spiro atoms. The van der Waals surface area contributed by atoms with Crippen LogP contribution in [0.25, 0.3) is 0 Å². The summed E-state index contributed by atoms with van der Waals surface area (Å²) in [7, 11) is 0. The summed E-state index contributed by atoms with van der Waals surface area (Å²) < 4.78 is 1.80. The van der Waals surface area contributed by atoms with Gasteiger partial charge in [-0.05, 0) is 37.5 Å². The van der Waals surface area contributed by atoms with Gasteiger partial charge >= 0.3 is 4.87 Å². The molecule has 5 nitrogen and oxygen atoms in total. The number of hydrogen-bond acceptors (Lipinski definition) is 4. The molecule has 0 fully saturated rings. The summed E-state index contributed by atoms with van der Waals surface area (Å²) in [5.41, 5.74) is 4.34. The van der Waals surface area contributed by atoms with Gasteiger partial charge in [-0.2, -0.15) is 0 Å². The Morgan fingerprint density at radius 1 is 1.35 bits per heavy atom. The zero-order valence-electron chi connectivity index (χ0n) is 13.4. The van der Waals surface area contributed by atoms with Crippen molar-refractivity contribution in [1.82, 2.24) is 9.88 Å². The molecule has 23 heavy (non-hydrogen) atoms. The minimum Gasteiger partial charge on any atom is -0.326 e. The molecule has 3 rings (SSSR count). The van der Waals surface area contributed by atoms with E-state index in [4.69, 9.17) is 0 Å². The van der Waals surface area contributed by atoms with Crippen LogP contribution in [0.2, 0.25) is 0 Å². The lowest BCUT2D eigenvalue weighted by atomic mass is 9.98. The number of aromatic nitrogens is 1. The van der Waals surface area contributed by atoms with Gasteiger partial charge in [0.1, 0.15) is 0 Å². The van der Waals surface area contributed by atoms with Crippen LogP contribution in [0, 0.1) is 6.92 Å². The Bertz CT molecular complexity index is 778. The lowest BCUT2D eigenvalue weighted by Gasteiger charge is -2.20. The first-order valence-corrected chi connectivity index (χ1v) is 8.73. The fourth-order valence-electron chi connectivity index (χ4n) is 2.86. The van der Waals surface area contributed by atoms with E-state index in [-0.39, 0.29) is 16.8 Å². The Morgan fingerprint density at radius 2 is 2.17 bits per heavy atom. The van der Waals surface area contributed by atoms with Crippen LogP contribution < -0.4 is 15.5 Å². The molecule has 2 aromatic rings. The summed E-state index contributed by atoms with van der Waals surface area (Å²) in [4.78, 5) is 23.2. The number of aryl methyl sites for hydroxylation is 2. The molecular formula is C17H21N3O2S. The van der Waals surface area contributed by atoms with Crippen molar-refractivity contribution < 1.29 is 4.79 Å². The number of hydrogen-bond donors (Lipinski definition) is 2. The maximum Gasteiger partial charge on any atom is 0.307 e. The highest BCUT2D eigenvalue weighted by Gasteiger charge is 2.16. The monoisotopic (exact) mass is 331 g/mol. The first kappa shape index (κ1) is 16.0. The summed E-state index contributed by atoms with van der Waals surface area (Å²) in [6, 6.07) is 6.39. The number of amides is 1. The van der Waals surface area contributed by atoms with Crippen molar-refractivity contribution in [2.24, 2.45) is 0 Å². The largest absolute Gasteiger partial charge is 0.326 e. The van der Waals surface area contributed by atoms with Gasteiger partial charge in [0.15, 0.2) is 0 Å². The van der Waals surface area contributed by atoms with E-state index in [1.54, 1.807) is 4.57 Å². The van der Waals surface area contributed by atoms with Crippen LogP contribution in [0.5, 0.6) is 0 Å². The van der Waals surface area contributed by atoms with Gasteiger partial charge < -0.3 is 15.2 Å². The summed E-state index contributed by atoms with van der Waals surface area (Å²) in [5.74, 6) is 0.0907. The highest BCUT2D eigenvalue weighted by molar-refractivity contribution is 7.07. The molecule has 0 radical (unpaired) electrons.